The molecule has 1 amide bonds. The molecule has 2 aromatic rings. The molecule has 3 heterocycles. The molecule has 1 saturated heterocycles. The third kappa shape index (κ3) is 3.84. The first-order valence-corrected chi connectivity index (χ1v) is 9.44. The number of hydrogen-bond acceptors (Lipinski definition) is 5. The predicted octanol–water partition coefficient (Wildman–Crippen LogP) is 3.09. The van der Waals surface area contributed by atoms with Crippen LogP contribution in [0.4, 0.5) is 0 Å². The number of aromatic nitrogens is 1. The van der Waals surface area contributed by atoms with Crippen LogP contribution in [0.5, 0.6) is 17.4 Å². The Morgan fingerprint density at radius 2 is 2.00 bits per heavy atom. The lowest BCUT2D eigenvalue weighted by atomic mass is 9.97. The van der Waals surface area contributed by atoms with Gasteiger partial charge in [-0.15, -0.1) is 0 Å². The molecule has 2 aliphatic rings. The number of ether oxygens (including phenoxy) is 3. The molecule has 0 unspecified atom stereocenters. The van der Waals surface area contributed by atoms with Crippen molar-refractivity contribution < 1.29 is 19.0 Å². The van der Waals surface area contributed by atoms with E-state index in [9.17, 15) is 4.79 Å². The van der Waals surface area contributed by atoms with Crippen molar-refractivity contribution in [1.82, 2.24) is 9.88 Å². The van der Waals surface area contributed by atoms with E-state index in [1.807, 2.05) is 42.2 Å². The van der Waals surface area contributed by atoms with Crippen LogP contribution in [0.3, 0.4) is 0 Å². The number of carbonyl (C=O) groups is 1. The molecular weight excluding hydrogens is 344 g/mol. The number of nitrogens with zero attached hydrogens (tertiary/aromatic N) is 2. The molecule has 0 bridgehead atoms. The third-order valence-corrected chi connectivity index (χ3v) is 5.12. The number of rotatable bonds is 4. The van der Waals surface area contributed by atoms with Gasteiger partial charge in [-0.25, -0.2) is 4.98 Å². The van der Waals surface area contributed by atoms with E-state index < -0.39 is 0 Å². The minimum absolute atomic E-state index is 0.0114. The van der Waals surface area contributed by atoms with E-state index in [1.54, 1.807) is 6.20 Å². The van der Waals surface area contributed by atoms with Gasteiger partial charge in [0.05, 0.1) is 12.2 Å². The number of piperidine rings is 1. The molecule has 0 spiro atoms. The summed E-state index contributed by atoms with van der Waals surface area (Å²) >= 11 is 0. The second-order valence-corrected chi connectivity index (χ2v) is 7.00. The summed E-state index contributed by atoms with van der Waals surface area (Å²) in [5.41, 5.74) is 1.63. The van der Waals surface area contributed by atoms with Crippen molar-refractivity contribution in [3.05, 3.63) is 47.7 Å². The first-order valence-electron chi connectivity index (χ1n) is 9.44. The molecule has 0 radical (unpaired) electrons. The lowest BCUT2D eigenvalue weighted by Crippen LogP contribution is -2.40. The molecule has 27 heavy (non-hydrogen) atoms. The number of aryl methyl sites for hydroxylation is 1. The topological polar surface area (TPSA) is 60.9 Å². The fraction of sp³-hybridized carbons (Fsp3) is 0.429. The minimum atomic E-state index is 0.0114. The zero-order valence-corrected chi connectivity index (χ0v) is 15.5. The predicted molar refractivity (Wildman–Crippen MR) is 101 cm³/mol. The molecule has 0 atom stereocenters. The van der Waals surface area contributed by atoms with Gasteiger partial charge in [-0.1, -0.05) is 12.1 Å². The Morgan fingerprint density at radius 1 is 1.19 bits per heavy atom. The van der Waals surface area contributed by atoms with Crippen LogP contribution in [0.1, 0.15) is 28.8 Å². The van der Waals surface area contributed by atoms with Crippen molar-refractivity contribution in [2.75, 3.05) is 32.9 Å². The van der Waals surface area contributed by atoms with Crippen LogP contribution in [0.2, 0.25) is 0 Å². The molecule has 2 aliphatic heterocycles. The van der Waals surface area contributed by atoms with Gasteiger partial charge in [0.15, 0.2) is 11.5 Å². The van der Waals surface area contributed by atoms with Gasteiger partial charge in [0.1, 0.15) is 13.2 Å². The summed E-state index contributed by atoms with van der Waals surface area (Å²) in [6, 6.07) is 9.40. The number of pyridine rings is 1. The van der Waals surface area contributed by atoms with Crippen molar-refractivity contribution in [2.45, 2.75) is 19.8 Å². The second-order valence-electron chi connectivity index (χ2n) is 7.00. The van der Waals surface area contributed by atoms with Crippen LogP contribution in [-0.4, -0.2) is 48.7 Å². The molecule has 6 heteroatoms. The quantitative estimate of drug-likeness (QED) is 0.830. The van der Waals surface area contributed by atoms with Crippen LogP contribution in [0.25, 0.3) is 0 Å². The van der Waals surface area contributed by atoms with Crippen molar-refractivity contribution in [1.29, 1.82) is 0 Å². The van der Waals surface area contributed by atoms with E-state index in [2.05, 4.69) is 4.98 Å². The molecule has 6 nitrogen and oxygen atoms in total. The van der Waals surface area contributed by atoms with Gasteiger partial charge < -0.3 is 19.1 Å². The maximum atomic E-state index is 13.0. The number of benzene rings is 1. The summed E-state index contributed by atoms with van der Waals surface area (Å²) in [6.45, 7) is 5.07. The van der Waals surface area contributed by atoms with Crippen molar-refractivity contribution in [3.63, 3.8) is 0 Å². The first kappa shape index (κ1) is 17.6. The van der Waals surface area contributed by atoms with Gasteiger partial charge in [-0.2, -0.15) is 0 Å². The van der Waals surface area contributed by atoms with E-state index in [-0.39, 0.29) is 5.91 Å². The van der Waals surface area contributed by atoms with Crippen molar-refractivity contribution in [3.8, 4) is 17.4 Å². The van der Waals surface area contributed by atoms with Crippen LogP contribution < -0.4 is 14.2 Å². The van der Waals surface area contributed by atoms with Crippen LogP contribution in [-0.2, 0) is 0 Å². The maximum Gasteiger partial charge on any atom is 0.257 e. The fourth-order valence-electron chi connectivity index (χ4n) is 3.53. The Bertz CT molecular complexity index is 816. The summed E-state index contributed by atoms with van der Waals surface area (Å²) in [7, 11) is 0. The van der Waals surface area contributed by atoms with Gasteiger partial charge in [-0.05, 0) is 43.9 Å². The summed E-state index contributed by atoms with van der Waals surface area (Å²) in [5.74, 6) is 2.37. The Labute approximate surface area is 159 Å². The lowest BCUT2D eigenvalue weighted by molar-refractivity contribution is 0.0649. The highest BCUT2D eigenvalue weighted by atomic mass is 16.6. The highest BCUT2D eigenvalue weighted by Crippen LogP contribution is 2.35. The van der Waals surface area contributed by atoms with Crippen molar-refractivity contribution >= 4 is 5.91 Å². The summed E-state index contributed by atoms with van der Waals surface area (Å²) in [5, 5.41) is 0. The summed E-state index contributed by atoms with van der Waals surface area (Å²) in [6.07, 6.45) is 3.59. The molecule has 1 fully saturated rings. The van der Waals surface area contributed by atoms with Crippen LogP contribution >= 0.6 is 0 Å². The number of hydrogen-bond donors (Lipinski definition) is 0. The Kier molecular flexibility index (Phi) is 5.14. The van der Waals surface area contributed by atoms with Crippen LogP contribution in [0.15, 0.2) is 36.5 Å². The van der Waals surface area contributed by atoms with Gasteiger partial charge in [0.2, 0.25) is 5.88 Å². The Balaban J connectivity index is 1.34. The number of fused-ring (bicyclic) bond motifs is 1. The maximum absolute atomic E-state index is 13.0. The highest BCUT2D eigenvalue weighted by Gasteiger charge is 2.28. The second kappa shape index (κ2) is 7.86. The fourth-order valence-corrected chi connectivity index (χ4v) is 3.53. The first-order chi connectivity index (χ1) is 13.2. The van der Waals surface area contributed by atoms with Crippen LogP contribution in [0, 0.1) is 12.8 Å². The van der Waals surface area contributed by atoms with Gasteiger partial charge in [-0.3, -0.25) is 4.79 Å². The van der Waals surface area contributed by atoms with E-state index >= 15 is 0 Å². The molecular formula is C21H24N2O4. The smallest absolute Gasteiger partial charge is 0.257 e. The zero-order valence-electron chi connectivity index (χ0n) is 15.5. The SMILES string of the molecule is Cc1cccnc1OCC1CCN(C(=O)c2cccc3c2OCCO3)CC1. The number of carbonyl (C=O) groups excluding carboxylic acids is 1. The molecule has 0 aliphatic carbocycles. The normalized spacial score (nSPS) is 16.9. The van der Waals surface area contributed by atoms with E-state index in [1.165, 1.54) is 0 Å². The van der Waals surface area contributed by atoms with Gasteiger partial charge in [0, 0.05) is 24.8 Å². The highest BCUT2D eigenvalue weighted by molar-refractivity contribution is 5.98. The van der Waals surface area contributed by atoms with Gasteiger partial charge >= 0.3 is 0 Å². The minimum Gasteiger partial charge on any atom is -0.486 e. The average Bonchev–Trinajstić information content (AvgIpc) is 2.73. The Morgan fingerprint density at radius 3 is 2.81 bits per heavy atom. The van der Waals surface area contributed by atoms with Crippen molar-refractivity contribution in [2.24, 2.45) is 5.92 Å². The number of amides is 1. The molecule has 1 aromatic heterocycles. The van der Waals surface area contributed by atoms with E-state index in [4.69, 9.17) is 14.2 Å². The molecule has 0 N–H and O–H groups in total. The average molecular weight is 368 g/mol. The lowest BCUT2D eigenvalue weighted by Gasteiger charge is -2.32. The Hall–Kier alpha value is -2.76. The third-order valence-electron chi connectivity index (χ3n) is 5.12. The molecule has 1 aromatic carbocycles. The monoisotopic (exact) mass is 368 g/mol. The van der Waals surface area contributed by atoms with E-state index in [0.717, 1.165) is 31.5 Å². The standard InChI is InChI=1S/C21H24N2O4/c1-15-4-3-9-22-20(15)27-14-16-7-10-23(11-8-16)21(24)17-5-2-6-18-19(17)26-13-12-25-18/h2-6,9,16H,7-8,10-14H2,1H3. The van der Waals surface area contributed by atoms with E-state index in [0.29, 0.717) is 48.7 Å². The summed E-state index contributed by atoms with van der Waals surface area (Å²) in [4.78, 5) is 19.1. The van der Waals surface area contributed by atoms with Gasteiger partial charge in [0.25, 0.3) is 5.91 Å². The number of para-hydroxylation sites is 1. The molecule has 142 valence electrons. The zero-order chi connectivity index (χ0) is 18.6. The molecule has 0 saturated carbocycles. The molecule has 4 rings (SSSR count). The number of likely N-dealkylation sites (tertiary alicyclic amines) is 1. The largest absolute Gasteiger partial charge is 0.486 e. The summed E-state index contributed by atoms with van der Waals surface area (Å²) < 4.78 is 17.2.